The van der Waals surface area contributed by atoms with Crippen molar-refractivity contribution >= 4 is 26.6 Å². The van der Waals surface area contributed by atoms with Crippen LogP contribution in [-0.2, 0) is 9.84 Å². The topological polar surface area (TPSA) is 107 Å². The van der Waals surface area contributed by atoms with Gasteiger partial charge in [0.05, 0.1) is 35.2 Å². The lowest BCUT2D eigenvalue weighted by molar-refractivity contribution is 0.0935. The fraction of sp³-hybridized carbons (Fsp3) is 0.217. The molecule has 0 fully saturated rings. The summed E-state index contributed by atoms with van der Waals surface area (Å²) in [6.07, 6.45) is 8.52. The molecule has 0 unspecified atom stereocenters. The van der Waals surface area contributed by atoms with E-state index in [4.69, 9.17) is 0 Å². The first-order valence-electron chi connectivity index (χ1n) is 10.3. The number of halogens is 1. The minimum Gasteiger partial charge on any atom is -0.345 e. The molecule has 170 valence electrons. The normalized spacial score (nSPS) is 12.6. The van der Waals surface area contributed by atoms with Crippen LogP contribution in [0.4, 0.5) is 4.39 Å². The van der Waals surface area contributed by atoms with Gasteiger partial charge in [0, 0.05) is 24.0 Å². The van der Waals surface area contributed by atoms with Gasteiger partial charge in [-0.3, -0.25) is 9.78 Å². The lowest BCUT2D eigenvalue weighted by Crippen LogP contribution is -2.29. The number of nitrogens with one attached hydrogen (secondary N) is 1. The molecule has 33 heavy (non-hydrogen) atoms. The highest BCUT2D eigenvalue weighted by Crippen LogP contribution is 2.24. The van der Waals surface area contributed by atoms with Gasteiger partial charge in [0.15, 0.2) is 14.9 Å². The van der Waals surface area contributed by atoms with Crippen LogP contribution >= 0.6 is 0 Å². The maximum absolute atomic E-state index is 13.3. The van der Waals surface area contributed by atoms with Crippen molar-refractivity contribution in [2.45, 2.75) is 30.8 Å². The number of benzene rings is 1. The van der Waals surface area contributed by atoms with Crippen molar-refractivity contribution in [1.29, 1.82) is 0 Å². The number of pyridine rings is 2. The summed E-state index contributed by atoms with van der Waals surface area (Å²) in [5, 5.41) is 7.89. The third-order valence-electron chi connectivity index (χ3n) is 5.24. The van der Waals surface area contributed by atoms with Crippen molar-refractivity contribution in [2.24, 2.45) is 0 Å². The largest absolute Gasteiger partial charge is 0.345 e. The first-order valence-corrected chi connectivity index (χ1v) is 12.2. The zero-order valence-electron chi connectivity index (χ0n) is 18.1. The number of fused-ring (bicyclic) bond motifs is 1. The van der Waals surface area contributed by atoms with Gasteiger partial charge >= 0.3 is 0 Å². The molecule has 0 aliphatic rings. The number of carbonyl (C=O) groups excluding carboxylic acids is 1. The highest BCUT2D eigenvalue weighted by Gasteiger charge is 2.21. The Morgan fingerprint density at radius 1 is 1.15 bits per heavy atom. The Bertz CT molecular complexity index is 1420. The Morgan fingerprint density at radius 2 is 1.91 bits per heavy atom. The van der Waals surface area contributed by atoms with Crippen LogP contribution in [0.5, 0.6) is 0 Å². The van der Waals surface area contributed by atoms with Crippen molar-refractivity contribution in [3.8, 4) is 5.69 Å². The van der Waals surface area contributed by atoms with Gasteiger partial charge in [-0.15, -0.1) is 0 Å². The summed E-state index contributed by atoms with van der Waals surface area (Å²) in [6.45, 7) is 1.98. The van der Waals surface area contributed by atoms with E-state index in [-0.39, 0.29) is 16.8 Å². The smallest absolute Gasteiger partial charge is 0.254 e. The molecule has 0 spiro atoms. The predicted octanol–water partition coefficient (Wildman–Crippen LogP) is 3.63. The predicted molar refractivity (Wildman–Crippen MR) is 121 cm³/mol. The van der Waals surface area contributed by atoms with Crippen LogP contribution in [0.25, 0.3) is 16.6 Å². The van der Waals surface area contributed by atoms with Gasteiger partial charge < -0.3 is 5.32 Å². The van der Waals surface area contributed by atoms with Gasteiger partial charge in [0.2, 0.25) is 0 Å². The van der Waals surface area contributed by atoms with E-state index in [1.165, 1.54) is 30.6 Å². The van der Waals surface area contributed by atoms with E-state index in [2.05, 4.69) is 20.4 Å². The van der Waals surface area contributed by atoms with Crippen molar-refractivity contribution in [2.75, 3.05) is 6.26 Å². The number of rotatable bonds is 7. The van der Waals surface area contributed by atoms with Gasteiger partial charge in [0.1, 0.15) is 5.82 Å². The monoisotopic (exact) mass is 467 g/mol. The molecule has 1 amide bonds. The molecule has 3 heterocycles. The van der Waals surface area contributed by atoms with E-state index in [0.717, 1.165) is 12.7 Å². The highest BCUT2D eigenvalue weighted by atomic mass is 32.2. The maximum Gasteiger partial charge on any atom is 0.254 e. The van der Waals surface area contributed by atoms with E-state index >= 15 is 0 Å². The van der Waals surface area contributed by atoms with Crippen LogP contribution in [-0.4, -0.2) is 40.3 Å². The minimum absolute atomic E-state index is 0.0419. The van der Waals surface area contributed by atoms with Crippen LogP contribution in [0.2, 0.25) is 0 Å². The molecule has 4 rings (SSSR count). The van der Waals surface area contributed by atoms with Gasteiger partial charge in [-0.1, -0.05) is 13.3 Å². The van der Waals surface area contributed by atoms with Crippen LogP contribution in [0.15, 0.2) is 66.2 Å². The Balaban J connectivity index is 1.67. The summed E-state index contributed by atoms with van der Waals surface area (Å²) in [7, 11) is -3.48. The Labute approximate surface area is 190 Å². The molecule has 0 radical (unpaired) electrons. The third kappa shape index (κ3) is 4.75. The quantitative estimate of drug-likeness (QED) is 0.445. The van der Waals surface area contributed by atoms with E-state index in [1.807, 2.05) is 6.92 Å². The summed E-state index contributed by atoms with van der Waals surface area (Å²) in [6, 6.07) is 8.63. The second-order valence-electron chi connectivity index (χ2n) is 7.67. The molecule has 1 aromatic carbocycles. The molecular formula is C23H22FN5O3S. The van der Waals surface area contributed by atoms with E-state index in [1.54, 1.807) is 35.3 Å². The van der Waals surface area contributed by atoms with Crippen molar-refractivity contribution < 1.29 is 17.6 Å². The standard InChI is InChI=1S/C23H22FN5O3S/c1-3-4-20(15-9-10-26-22(11-15)33(2,31)32)28-23(30)19-12-25-14-21-18(19)13-27-29(21)17-7-5-16(24)6-8-17/h5-14,20H,3-4H2,1-2H3,(H,28,30)/t20-/m0/s1. The number of amides is 1. The Hall–Kier alpha value is -3.66. The summed E-state index contributed by atoms with van der Waals surface area (Å²) in [4.78, 5) is 21.3. The second kappa shape index (κ2) is 9.07. The molecule has 0 saturated carbocycles. The molecule has 0 aliphatic carbocycles. The number of hydrogen-bond acceptors (Lipinski definition) is 6. The number of sulfone groups is 1. The van der Waals surface area contributed by atoms with Crippen molar-refractivity contribution in [3.05, 3.63) is 78.1 Å². The highest BCUT2D eigenvalue weighted by molar-refractivity contribution is 7.90. The first kappa shape index (κ1) is 22.5. The SMILES string of the molecule is CCC[C@H](NC(=O)c1cncc2c1cnn2-c1ccc(F)cc1)c1ccnc(S(C)(=O)=O)c1. The maximum atomic E-state index is 13.3. The van der Waals surface area contributed by atoms with Crippen LogP contribution in [0.1, 0.15) is 41.7 Å². The summed E-state index contributed by atoms with van der Waals surface area (Å²) in [5.41, 5.74) is 2.23. The fourth-order valence-electron chi connectivity index (χ4n) is 3.60. The molecule has 1 atom stereocenters. The number of aromatic nitrogens is 4. The first-order chi connectivity index (χ1) is 15.8. The van der Waals surface area contributed by atoms with E-state index < -0.39 is 15.9 Å². The van der Waals surface area contributed by atoms with E-state index in [0.29, 0.717) is 34.1 Å². The minimum atomic E-state index is -3.48. The summed E-state index contributed by atoms with van der Waals surface area (Å²) in [5.74, 6) is -0.714. The zero-order chi connectivity index (χ0) is 23.6. The molecule has 10 heteroatoms. The number of hydrogen-bond donors (Lipinski definition) is 1. The average molecular weight is 468 g/mol. The van der Waals surface area contributed by atoms with Crippen LogP contribution < -0.4 is 5.32 Å². The second-order valence-corrected chi connectivity index (χ2v) is 9.63. The Kier molecular flexibility index (Phi) is 6.19. The zero-order valence-corrected chi connectivity index (χ0v) is 18.9. The van der Waals surface area contributed by atoms with Crippen LogP contribution in [0.3, 0.4) is 0 Å². The van der Waals surface area contributed by atoms with Gasteiger partial charge in [-0.05, 0) is 48.4 Å². The molecule has 3 aromatic heterocycles. The van der Waals surface area contributed by atoms with Crippen molar-refractivity contribution in [3.63, 3.8) is 0 Å². The third-order valence-corrected chi connectivity index (χ3v) is 6.22. The van der Waals surface area contributed by atoms with Gasteiger partial charge in [-0.2, -0.15) is 5.10 Å². The average Bonchev–Trinajstić information content (AvgIpc) is 3.23. The van der Waals surface area contributed by atoms with Gasteiger partial charge in [0.25, 0.3) is 5.91 Å². The number of carbonyl (C=O) groups is 1. The van der Waals surface area contributed by atoms with Crippen LogP contribution in [0, 0.1) is 5.82 Å². The lowest BCUT2D eigenvalue weighted by Gasteiger charge is -2.19. The summed E-state index contributed by atoms with van der Waals surface area (Å²) >= 11 is 0. The molecule has 4 aromatic rings. The van der Waals surface area contributed by atoms with Crippen molar-refractivity contribution in [1.82, 2.24) is 25.1 Å². The molecule has 8 nitrogen and oxygen atoms in total. The van der Waals surface area contributed by atoms with E-state index in [9.17, 15) is 17.6 Å². The molecule has 1 N–H and O–H groups in total. The fourth-order valence-corrected chi connectivity index (χ4v) is 4.20. The van der Waals surface area contributed by atoms with Gasteiger partial charge in [-0.25, -0.2) is 22.5 Å². The number of nitrogens with zero attached hydrogens (tertiary/aromatic N) is 4. The lowest BCUT2D eigenvalue weighted by atomic mass is 10.0. The molecular weight excluding hydrogens is 445 g/mol. The molecule has 0 aliphatic heterocycles. The summed E-state index contributed by atoms with van der Waals surface area (Å²) < 4.78 is 38.7. The Morgan fingerprint density at radius 3 is 2.61 bits per heavy atom. The molecule has 0 saturated heterocycles. The molecule has 0 bridgehead atoms.